The van der Waals surface area contributed by atoms with E-state index in [1.807, 2.05) is 4.90 Å². The van der Waals surface area contributed by atoms with Crippen molar-refractivity contribution in [2.75, 3.05) is 32.8 Å². The van der Waals surface area contributed by atoms with Gasteiger partial charge < -0.3 is 14.5 Å². The molecule has 0 atom stereocenters. The zero-order chi connectivity index (χ0) is 13.7. The van der Waals surface area contributed by atoms with Crippen molar-refractivity contribution in [2.24, 2.45) is 5.92 Å². The average molecular weight is 268 g/mol. The van der Waals surface area contributed by atoms with Crippen LogP contribution in [0, 0.1) is 5.92 Å². The van der Waals surface area contributed by atoms with Crippen LogP contribution in [0.2, 0.25) is 0 Å². The molecule has 4 nitrogen and oxygen atoms in total. The van der Waals surface area contributed by atoms with E-state index in [0.29, 0.717) is 18.6 Å². The summed E-state index contributed by atoms with van der Waals surface area (Å²) in [5.41, 5.74) is 0. The van der Waals surface area contributed by atoms with Crippen LogP contribution in [0.25, 0.3) is 0 Å². The second-order valence-electron chi connectivity index (χ2n) is 6.29. The summed E-state index contributed by atoms with van der Waals surface area (Å²) in [5.74, 6) is 0.412. The molecule has 2 heterocycles. The molecule has 2 aliphatic heterocycles. The summed E-state index contributed by atoms with van der Waals surface area (Å²) >= 11 is 0. The standard InChI is InChI=1S/C15H28N2O2/c1-13(2)12-19-15(18)17-10-6-14(7-11-17)16-8-4-3-5-9-16/h13-14H,3-12H2,1-2H3. The van der Waals surface area contributed by atoms with E-state index in [1.54, 1.807) is 0 Å². The molecule has 2 rings (SSSR count). The highest BCUT2D eigenvalue weighted by Crippen LogP contribution is 2.21. The molecule has 0 N–H and O–H groups in total. The van der Waals surface area contributed by atoms with E-state index in [2.05, 4.69) is 18.7 Å². The van der Waals surface area contributed by atoms with E-state index < -0.39 is 0 Å². The monoisotopic (exact) mass is 268 g/mol. The molecule has 0 radical (unpaired) electrons. The summed E-state index contributed by atoms with van der Waals surface area (Å²) in [6.45, 7) is 8.89. The van der Waals surface area contributed by atoms with Gasteiger partial charge in [-0.2, -0.15) is 0 Å². The van der Waals surface area contributed by atoms with Gasteiger partial charge in [0.1, 0.15) is 0 Å². The fraction of sp³-hybridized carbons (Fsp3) is 0.933. The minimum atomic E-state index is -0.120. The largest absolute Gasteiger partial charge is 0.449 e. The number of rotatable bonds is 3. The van der Waals surface area contributed by atoms with Gasteiger partial charge in [-0.1, -0.05) is 20.3 Å². The molecule has 0 spiro atoms. The SMILES string of the molecule is CC(C)COC(=O)N1CCC(N2CCCCC2)CC1. The topological polar surface area (TPSA) is 32.8 Å². The van der Waals surface area contributed by atoms with E-state index in [1.165, 1.54) is 32.4 Å². The molecule has 0 aromatic carbocycles. The fourth-order valence-corrected chi connectivity index (χ4v) is 3.03. The summed E-state index contributed by atoms with van der Waals surface area (Å²) in [4.78, 5) is 16.4. The zero-order valence-corrected chi connectivity index (χ0v) is 12.4. The maximum atomic E-state index is 11.9. The first-order valence-electron chi connectivity index (χ1n) is 7.82. The molecule has 0 saturated carbocycles. The Balaban J connectivity index is 1.70. The summed E-state index contributed by atoms with van der Waals surface area (Å²) in [7, 11) is 0. The predicted molar refractivity (Wildman–Crippen MR) is 76.2 cm³/mol. The summed E-state index contributed by atoms with van der Waals surface area (Å²) < 4.78 is 5.30. The van der Waals surface area contributed by atoms with Gasteiger partial charge in [0.25, 0.3) is 0 Å². The number of hydrogen-bond acceptors (Lipinski definition) is 3. The van der Waals surface area contributed by atoms with E-state index >= 15 is 0 Å². The van der Waals surface area contributed by atoms with E-state index in [4.69, 9.17) is 4.74 Å². The highest BCUT2D eigenvalue weighted by Gasteiger charge is 2.28. The Morgan fingerprint density at radius 3 is 2.32 bits per heavy atom. The molecule has 0 unspecified atom stereocenters. The normalized spacial score (nSPS) is 22.8. The van der Waals surface area contributed by atoms with Gasteiger partial charge in [-0.25, -0.2) is 4.79 Å². The lowest BCUT2D eigenvalue weighted by Gasteiger charge is -2.39. The minimum Gasteiger partial charge on any atom is -0.449 e. The van der Waals surface area contributed by atoms with Crippen LogP contribution in [-0.2, 0) is 4.74 Å². The summed E-state index contributed by atoms with van der Waals surface area (Å²) in [6, 6.07) is 0.689. The predicted octanol–water partition coefficient (Wildman–Crippen LogP) is 2.73. The van der Waals surface area contributed by atoms with Crippen LogP contribution in [0.5, 0.6) is 0 Å². The van der Waals surface area contributed by atoms with Gasteiger partial charge in [-0.3, -0.25) is 0 Å². The molecular weight excluding hydrogens is 240 g/mol. The van der Waals surface area contributed by atoms with Crippen LogP contribution >= 0.6 is 0 Å². The minimum absolute atomic E-state index is 0.120. The van der Waals surface area contributed by atoms with Crippen LogP contribution in [0.4, 0.5) is 4.79 Å². The van der Waals surface area contributed by atoms with E-state index in [-0.39, 0.29) is 6.09 Å². The fourth-order valence-electron chi connectivity index (χ4n) is 3.03. The lowest BCUT2D eigenvalue weighted by atomic mass is 10.0. The van der Waals surface area contributed by atoms with Crippen LogP contribution in [0.15, 0.2) is 0 Å². The maximum Gasteiger partial charge on any atom is 0.409 e. The van der Waals surface area contributed by atoms with E-state index in [9.17, 15) is 4.79 Å². The number of nitrogens with zero attached hydrogens (tertiary/aromatic N) is 2. The third-order valence-electron chi connectivity index (χ3n) is 4.17. The van der Waals surface area contributed by atoms with Crippen LogP contribution in [-0.4, -0.2) is 54.7 Å². The quantitative estimate of drug-likeness (QED) is 0.789. The average Bonchev–Trinajstić information content (AvgIpc) is 2.46. The number of carbonyl (C=O) groups is 1. The molecule has 110 valence electrons. The molecule has 1 amide bonds. The van der Waals surface area contributed by atoms with Crippen LogP contribution in [0.1, 0.15) is 46.0 Å². The molecule has 2 fully saturated rings. The van der Waals surface area contributed by atoms with Gasteiger partial charge in [0.05, 0.1) is 6.61 Å². The van der Waals surface area contributed by atoms with Gasteiger partial charge in [-0.05, 0) is 44.7 Å². The lowest BCUT2D eigenvalue weighted by Crippen LogP contribution is -2.48. The summed E-state index contributed by atoms with van der Waals surface area (Å²) in [5, 5.41) is 0. The van der Waals surface area contributed by atoms with Crippen molar-refractivity contribution in [1.29, 1.82) is 0 Å². The smallest absolute Gasteiger partial charge is 0.409 e. The van der Waals surface area contributed by atoms with Crippen molar-refractivity contribution in [1.82, 2.24) is 9.80 Å². The van der Waals surface area contributed by atoms with Crippen molar-refractivity contribution < 1.29 is 9.53 Å². The molecule has 4 heteroatoms. The number of likely N-dealkylation sites (tertiary alicyclic amines) is 2. The number of ether oxygens (including phenoxy) is 1. The second kappa shape index (κ2) is 7.13. The Kier molecular flexibility index (Phi) is 5.49. The molecule has 0 aromatic rings. The van der Waals surface area contributed by atoms with Crippen molar-refractivity contribution in [3.63, 3.8) is 0 Å². The first-order valence-corrected chi connectivity index (χ1v) is 7.82. The number of piperidine rings is 2. The third kappa shape index (κ3) is 4.37. The van der Waals surface area contributed by atoms with Gasteiger partial charge >= 0.3 is 6.09 Å². The Morgan fingerprint density at radius 2 is 1.74 bits per heavy atom. The van der Waals surface area contributed by atoms with Crippen molar-refractivity contribution in [3.8, 4) is 0 Å². The molecule has 19 heavy (non-hydrogen) atoms. The molecule has 0 bridgehead atoms. The molecule has 2 saturated heterocycles. The number of hydrogen-bond donors (Lipinski definition) is 0. The Bertz CT molecular complexity index is 280. The van der Waals surface area contributed by atoms with Crippen molar-refractivity contribution >= 4 is 6.09 Å². The maximum absolute atomic E-state index is 11.9. The highest BCUT2D eigenvalue weighted by atomic mass is 16.6. The van der Waals surface area contributed by atoms with E-state index in [0.717, 1.165) is 25.9 Å². The van der Waals surface area contributed by atoms with Crippen molar-refractivity contribution in [2.45, 2.75) is 52.0 Å². The Labute approximate surface area is 117 Å². The molecule has 0 aromatic heterocycles. The van der Waals surface area contributed by atoms with Crippen molar-refractivity contribution in [3.05, 3.63) is 0 Å². The van der Waals surface area contributed by atoms with Gasteiger partial charge in [0.15, 0.2) is 0 Å². The second-order valence-corrected chi connectivity index (χ2v) is 6.29. The first-order chi connectivity index (χ1) is 9.16. The highest BCUT2D eigenvalue weighted by molar-refractivity contribution is 5.67. The Hall–Kier alpha value is -0.770. The van der Waals surface area contributed by atoms with Gasteiger partial charge in [0, 0.05) is 19.1 Å². The zero-order valence-electron chi connectivity index (χ0n) is 12.4. The summed E-state index contributed by atoms with van der Waals surface area (Å²) in [6.07, 6.45) is 6.17. The Morgan fingerprint density at radius 1 is 1.11 bits per heavy atom. The first kappa shape index (κ1) is 14.6. The van der Waals surface area contributed by atoms with Gasteiger partial charge in [-0.15, -0.1) is 0 Å². The lowest BCUT2D eigenvalue weighted by molar-refractivity contribution is 0.0609. The van der Waals surface area contributed by atoms with Gasteiger partial charge in [0.2, 0.25) is 0 Å². The van der Waals surface area contributed by atoms with Crippen LogP contribution < -0.4 is 0 Å². The van der Waals surface area contributed by atoms with Crippen LogP contribution in [0.3, 0.4) is 0 Å². The molecule has 0 aliphatic carbocycles. The molecular formula is C15H28N2O2. The number of amides is 1. The molecule has 2 aliphatic rings. The number of carbonyl (C=O) groups excluding carboxylic acids is 1. The third-order valence-corrected chi connectivity index (χ3v) is 4.17.